The average molecular weight is 691 g/mol. The molecular weight excluding hydrogens is 640 g/mol. The van der Waals surface area contributed by atoms with Crippen LogP contribution in [0, 0.1) is 23.7 Å². The Morgan fingerprint density at radius 1 is 1.02 bits per heavy atom. The van der Waals surface area contributed by atoms with Gasteiger partial charge < -0.3 is 29.5 Å². The smallest absolute Gasteiger partial charge is 0.319 e. The van der Waals surface area contributed by atoms with E-state index in [1.165, 1.54) is 41.3 Å². The molecule has 4 fully saturated rings. The third-order valence-corrected chi connectivity index (χ3v) is 13.8. The van der Waals surface area contributed by atoms with E-state index in [2.05, 4.69) is 76.5 Å². The molecule has 4 aliphatic heterocycles. The number of esters is 2. The second-order valence-electron chi connectivity index (χ2n) is 15.8. The van der Waals surface area contributed by atoms with Crippen molar-refractivity contribution in [2.45, 2.75) is 75.8 Å². The van der Waals surface area contributed by atoms with Crippen LogP contribution in [-0.2, 0) is 37.3 Å². The van der Waals surface area contributed by atoms with Crippen LogP contribution in [0.2, 0.25) is 0 Å². The number of hydrogen-bond acceptors (Lipinski definition) is 7. The van der Waals surface area contributed by atoms with E-state index >= 15 is 0 Å². The largest absolute Gasteiger partial charge is 0.496 e. The number of H-pyrrole nitrogens is 2. The van der Waals surface area contributed by atoms with Crippen LogP contribution in [0.25, 0.3) is 21.8 Å². The number of benzene rings is 2. The van der Waals surface area contributed by atoms with Crippen molar-refractivity contribution in [2.24, 2.45) is 23.7 Å². The monoisotopic (exact) mass is 690 g/mol. The van der Waals surface area contributed by atoms with Gasteiger partial charge in [-0.2, -0.15) is 0 Å². The predicted octanol–water partition coefficient (Wildman–Crippen LogP) is 6.15. The van der Waals surface area contributed by atoms with Gasteiger partial charge >= 0.3 is 11.9 Å². The summed E-state index contributed by atoms with van der Waals surface area (Å²) in [4.78, 5) is 38.6. The van der Waals surface area contributed by atoms with Crippen LogP contribution in [-0.4, -0.2) is 79.9 Å². The van der Waals surface area contributed by atoms with Crippen LogP contribution < -0.4 is 10.1 Å². The summed E-state index contributed by atoms with van der Waals surface area (Å²) in [5.41, 5.74) is 8.35. The number of ether oxygens (including phenoxy) is 3. The van der Waals surface area contributed by atoms with Gasteiger partial charge in [-0.1, -0.05) is 43.2 Å². The molecule has 3 saturated heterocycles. The molecule has 0 spiro atoms. The molecule has 9 atom stereocenters. The van der Waals surface area contributed by atoms with Gasteiger partial charge in [-0.25, -0.2) is 0 Å². The van der Waals surface area contributed by atoms with Crippen molar-refractivity contribution >= 4 is 33.7 Å². The SMILES string of the molecule is C/C=C1/CN[C@@H]2Cc3c([nH]c4ccccc34)[C@@H](c3c(OC)ccc4c5c([nH]c34)[C@]3(C(=O)OC)C[C@H]4C[C@H](CC)[C@@H]3N(CC5)C4)C[C@H]1[C@@H]2C(=O)OC. The Morgan fingerprint density at radius 3 is 2.63 bits per heavy atom. The maximum absolute atomic E-state index is 14.4. The molecule has 2 aliphatic carbocycles. The zero-order valence-electron chi connectivity index (χ0n) is 30.4. The summed E-state index contributed by atoms with van der Waals surface area (Å²) in [6.45, 7) is 7.07. The second-order valence-corrected chi connectivity index (χ2v) is 15.8. The number of fused-ring (bicyclic) bond motifs is 9. The van der Waals surface area contributed by atoms with Gasteiger partial charge in [0, 0.05) is 70.9 Å². The molecule has 3 N–H and O–H groups in total. The first-order valence-electron chi connectivity index (χ1n) is 19.0. The first kappa shape index (κ1) is 32.8. The van der Waals surface area contributed by atoms with Gasteiger partial charge in [0.25, 0.3) is 0 Å². The van der Waals surface area contributed by atoms with Crippen molar-refractivity contribution in [1.82, 2.24) is 20.2 Å². The normalized spacial score (nSPS) is 33.2. The number of piperidine rings is 3. The third kappa shape index (κ3) is 4.59. The maximum Gasteiger partial charge on any atom is 0.319 e. The van der Waals surface area contributed by atoms with Crippen molar-refractivity contribution < 1.29 is 23.8 Å². The van der Waals surface area contributed by atoms with E-state index in [1.807, 2.05) is 0 Å². The molecule has 0 amide bonds. The number of rotatable bonds is 5. The van der Waals surface area contributed by atoms with Gasteiger partial charge in [0.2, 0.25) is 0 Å². The predicted molar refractivity (Wildman–Crippen MR) is 197 cm³/mol. The number of para-hydroxylation sites is 1. The fourth-order valence-corrected chi connectivity index (χ4v) is 11.8. The van der Waals surface area contributed by atoms with E-state index < -0.39 is 5.41 Å². The molecule has 9 nitrogen and oxygen atoms in total. The molecule has 0 radical (unpaired) electrons. The number of aromatic nitrogens is 2. The fraction of sp³-hybridized carbons (Fsp3) is 0.524. The second kappa shape index (κ2) is 12.3. The highest BCUT2D eigenvalue weighted by Crippen LogP contribution is 2.57. The Labute approximate surface area is 299 Å². The minimum Gasteiger partial charge on any atom is -0.496 e. The van der Waals surface area contributed by atoms with Crippen molar-refractivity contribution in [1.29, 1.82) is 0 Å². The number of methoxy groups -OCH3 is 3. The lowest BCUT2D eigenvalue weighted by atomic mass is 9.56. The van der Waals surface area contributed by atoms with E-state index in [4.69, 9.17) is 14.2 Å². The minimum atomic E-state index is -0.754. The molecule has 2 aromatic carbocycles. The first-order valence-corrected chi connectivity index (χ1v) is 19.0. The molecule has 1 saturated carbocycles. The van der Waals surface area contributed by atoms with E-state index in [1.54, 1.807) is 14.2 Å². The van der Waals surface area contributed by atoms with Gasteiger partial charge in [0.1, 0.15) is 11.2 Å². The number of aromatic amines is 2. The summed E-state index contributed by atoms with van der Waals surface area (Å²) in [7, 11) is 4.82. The van der Waals surface area contributed by atoms with Crippen molar-refractivity contribution in [3.05, 3.63) is 76.1 Å². The summed E-state index contributed by atoms with van der Waals surface area (Å²) in [5.74, 6) is 0.919. The molecule has 4 aromatic rings. The Bertz CT molecular complexity index is 2080. The zero-order valence-corrected chi connectivity index (χ0v) is 30.4. The molecule has 51 heavy (non-hydrogen) atoms. The molecule has 10 rings (SSSR count). The number of allylic oxidation sites excluding steroid dienone is 1. The molecule has 268 valence electrons. The number of hydrogen-bond donors (Lipinski definition) is 3. The van der Waals surface area contributed by atoms with E-state index in [-0.39, 0.29) is 41.8 Å². The number of nitrogens with one attached hydrogen (secondary N) is 3. The number of carbonyl (C=O) groups is 2. The zero-order chi connectivity index (χ0) is 35.2. The fourth-order valence-electron chi connectivity index (χ4n) is 11.8. The lowest BCUT2D eigenvalue weighted by Gasteiger charge is -2.57. The summed E-state index contributed by atoms with van der Waals surface area (Å²) < 4.78 is 17.6. The van der Waals surface area contributed by atoms with Crippen LogP contribution in [0.4, 0.5) is 0 Å². The molecular formula is C42H50N4O5. The van der Waals surface area contributed by atoms with Crippen molar-refractivity contribution in [3.8, 4) is 5.75 Å². The summed E-state index contributed by atoms with van der Waals surface area (Å²) in [6, 6.07) is 12.9. The molecule has 9 heteroatoms. The summed E-state index contributed by atoms with van der Waals surface area (Å²) in [5, 5.41) is 6.06. The lowest BCUT2D eigenvalue weighted by molar-refractivity contribution is -0.162. The van der Waals surface area contributed by atoms with Gasteiger partial charge in [-0.15, -0.1) is 0 Å². The van der Waals surface area contributed by atoms with Crippen LogP contribution in [0.3, 0.4) is 0 Å². The quantitative estimate of drug-likeness (QED) is 0.170. The Morgan fingerprint density at radius 2 is 1.86 bits per heavy atom. The van der Waals surface area contributed by atoms with Crippen LogP contribution in [0.15, 0.2) is 48.0 Å². The standard InChI is InChI=1S/C42H50N4O5/c1-6-23-16-22-19-42(41(48)51-5)38-27(14-15-46(21-22)39(23)42)26-12-13-33(49-3)35(37(26)45-38)30-17-28-24(7-2)20-43-32(34(28)40(47)50-4)18-29-25-10-8-9-11-31(25)44-36(29)30/h7-13,22-23,28,30,32,34,39,43-45H,6,14-21H2,1-5H3/b24-7-/t22-,23+,28-,30-,32-,34+,39+,42-/m1/s1. The van der Waals surface area contributed by atoms with E-state index in [0.717, 1.165) is 72.3 Å². The molecule has 1 unspecified atom stereocenters. The number of nitrogens with zero attached hydrogens (tertiary/aromatic N) is 1. The Kier molecular flexibility index (Phi) is 7.89. The average Bonchev–Trinajstić information content (AvgIpc) is 3.70. The highest BCUT2D eigenvalue weighted by molar-refractivity contribution is 5.95. The van der Waals surface area contributed by atoms with Crippen LogP contribution >= 0.6 is 0 Å². The van der Waals surface area contributed by atoms with Gasteiger partial charge in [0.15, 0.2) is 0 Å². The highest BCUT2D eigenvalue weighted by atomic mass is 16.5. The highest BCUT2D eigenvalue weighted by Gasteiger charge is 2.63. The summed E-state index contributed by atoms with van der Waals surface area (Å²) >= 11 is 0. The van der Waals surface area contributed by atoms with Crippen LogP contribution in [0.5, 0.6) is 5.75 Å². The Balaban J connectivity index is 1.32. The third-order valence-electron chi connectivity index (χ3n) is 13.8. The maximum atomic E-state index is 14.4. The van der Waals surface area contributed by atoms with Crippen molar-refractivity contribution in [2.75, 3.05) is 41.0 Å². The first-order chi connectivity index (χ1) is 24.9. The van der Waals surface area contributed by atoms with Gasteiger partial charge in [-0.3, -0.25) is 14.5 Å². The van der Waals surface area contributed by atoms with E-state index in [0.29, 0.717) is 24.7 Å². The summed E-state index contributed by atoms with van der Waals surface area (Å²) in [6.07, 6.45) is 7.47. The van der Waals surface area contributed by atoms with Gasteiger partial charge in [-0.05, 0) is 86.1 Å². The molecule has 6 aliphatic rings. The molecule has 6 bridgehead atoms. The van der Waals surface area contributed by atoms with Gasteiger partial charge in [0.05, 0.1) is 32.8 Å². The molecule has 2 aromatic heterocycles. The van der Waals surface area contributed by atoms with E-state index in [9.17, 15) is 9.59 Å². The van der Waals surface area contributed by atoms with Crippen molar-refractivity contribution in [3.63, 3.8) is 0 Å². The number of carbonyl (C=O) groups excluding carboxylic acids is 2. The molecule has 6 heterocycles. The Hall–Kier alpha value is -4.08. The van der Waals surface area contributed by atoms with Crippen LogP contribution in [0.1, 0.15) is 73.5 Å². The topological polar surface area (TPSA) is 109 Å². The minimum absolute atomic E-state index is 0.0274. The lowest BCUT2D eigenvalue weighted by Crippen LogP contribution is -2.67.